The van der Waals surface area contributed by atoms with Crippen LogP contribution in [0.4, 0.5) is 0 Å². The fourth-order valence-corrected chi connectivity index (χ4v) is 3.12. The van der Waals surface area contributed by atoms with E-state index >= 15 is 0 Å². The van der Waals surface area contributed by atoms with E-state index < -0.39 is 0 Å². The van der Waals surface area contributed by atoms with Gasteiger partial charge >= 0.3 is 0 Å². The molecule has 2 saturated heterocycles. The van der Waals surface area contributed by atoms with Crippen molar-refractivity contribution in [3.8, 4) is 0 Å². The van der Waals surface area contributed by atoms with E-state index in [2.05, 4.69) is 15.4 Å². The van der Waals surface area contributed by atoms with Gasteiger partial charge in [-0.3, -0.25) is 9.69 Å². The minimum atomic E-state index is 0. The maximum Gasteiger partial charge on any atom is 0.239 e. The summed E-state index contributed by atoms with van der Waals surface area (Å²) in [5, 5.41) is 7.25. The molecule has 2 fully saturated rings. The molecule has 0 saturated carbocycles. The highest BCUT2D eigenvalue weighted by Gasteiger charge is 2.28. The monoisotopic (exact) mass is 364 g/mol. The Hall–Kier alpha value is -0.820. The molecule has 0 radical (unpaired) electrons. The first-order valence-electron chi connectivity index (χ1n) is 7.89. The van der Waals surface area contributed by atoms with Gasteiger partial charge in [-0.05, 0) is 26.3 Å². The second-order valence-corrected chi connectivity index (χ2v) is 6.04. The van der Waals surface area contributed by atoms with Gasteiger partial charge in [-0.1, -0.05) is 11.6 Å². The molecular formula is C15H26Cl2N4O2. The zero-order valence-corrected chi connectivity index (χ0v) is 15.1. The van der Waals surface area contributed by atoms with Gasteiger partial charge in [0.15, 0.2) is 5.76 Å². The number of piperidine rings is 1. The van der Waals surface area contributed by atoms with Crippen LogP contribution in [0.2, 0.25) is 0 Å². The number of hydrogen-bond acceptors (Lipinski definition) is 5. The van der Waals surface area contributed by atoms with E-state index in [1.165, 1.54) is 6.42 Å². The molecule has 1 amide bonds. The molecule has 2 aliphatic heterocycles. The van der Waals surface area contributed by atoms with Gasteiger partial charge in [0.1, 0.15) is 0 Å². The number of carbonyl (C=O) groups is 1. The highest BCUT2D eigenvalue weighted by molar-refractivity contribution is 5.85. The van der Waals surface area contributed by atoms with E-state index in [0.717, 1.165) is 63.6 Å². The average molecular weight is 365 g/mol. The van der Waals surface area contributed by atoms with Crippen molar-refractivity contribution >= 4 is 30.7 Å². The molecule has 1 atom stereocenters. The molecule has 1 N–H and O–H groups in total. The summed E-state index contributed by atoms with van der Waals surface area (Å²) in [6.45, 7) is 7.11. The first-order chi connectivity index (χ1) is 10.2. The Balaban J connectivity index is 0.00000132. The molecule has 6 nitrogen and oxygen atoms in total. The zero-order chi connectivity index (χ0) is 14.7. The number of nitrogens with zero attached hydrogens (tertiary/aromatic N) is 3. The first-order valence-corrected chi connectivity index (χ1v) is 7.89. The van der Waals surface area contributed by atoms with Crippen LogP contribution in [0, 0.1) is 6.92 Å². The van der Waals surface area contributed by atoms with Gasteiger partial charge in [-0.15, -0.1) is 24.8 Å². The lowest BCUT2D eigenvalue weighted by atomic mass is 10.0. The van der Waals surface area contributed by atoms with Crippen molar-refractivity contribution < 1.29 is 9.32 Å². The average Bonchev–Trinajstić information content (AvgIpc) is 2.93. The summed E-state index contributed by atoms with van der Waals surface area (Å²) in [6.07, 6.45) is 3.33. The van der Waals surface area contributed by atoms with E-state index in [-0.39, 0.29) is 36.8 Å². The van der Waals surface area contributed by atoms with Gasteiger partial charge in [-0.25, -0.2) is 0 Å². The summed E-state index contributed by atoms with van der Waals surface area (Å²) in [7, 11) is 0. The fraction of sp³-hybridized carbons (Fsp3) is 0.733. The standard InChI is InChI=1S/C15H24N4O2.2ClH/c1-12-10-13(21-17-12)11-18-6-8-19(9-7-18)15(20)14-4-2-3-5-16-14;;/h10,14,16H,2-9,11H2,1H3;2*1H. The van der Waals surface area contributed by atoms with Gasteiger partial charge < -0.3 is 14.7 Å². The number of rotatable bonds is 3. The second kappa shape index (κ2) is 9.47. The van der Waals surface area contributed by atoms with Crippen LogP contribution in [0.5, 0.6) is 0 Å². The third kappa shape index (κ3) is 5.35. The van der Waals surface area contributed by atoms with Crippen LogP contribution < -0.4 is 5.32 Å². The molecule has 3 rings (SSSR count). The maximum atomic E-state index is 12.4. The molecule has 3 heterocycles. The Kier molecular flexibility index (Phi) is 8.33. The summed E-state index contributed by atoms with van der Waals surface area (Å²) < 4.78 is 5.25. The molecule has 0 aromatic carbocycles. The van der Waals surface area contributed by atoms with Gasteiger partial charge in [0.25, 0.3) is 0 Å². The van der Waals surface area contributed by atoms with Crippen LogP contribution in [0.3, 0.4) is 0 Å². The molecule has 2 aliphatic rings. The lowest BCUT2D eigenvalue weighted by Gasteiger charge is -2.36. The van der Waals surface area contributed by atoms with Crippen LogP contribution in [-0.2, 0) is 11.3 Å². The molecule has 8 heteroatoms. The molecule has 0 aliphatic carbocycles. The maximum absolute atomic E-state index is 12.4. The van der Waals surface area contributed by atoms with Gasteiger partial charge in [0.2, 0.25) is 5.91 Å². The van der Waals surface area contributed by atoms with E-state index in [9.17, 15) is 4.79 Å². The predicted octanol–water partition coefficient (Wildman–Crippen LogP) is 1.61. The van der Waals surface area contributed by atoms with Gasteiger partial charge in [0.05, 0.1) is 18.3 Å². The molecule has 0 bridgehead atoms. The third-order valence-corrected chi connectivity index (χ3v) is 4.35. The molecule has 23 heavy (non-hydrogen) atoms. The minimum absolute atomic E-state index is 0. The molecule has 0 spiro atoms. The summed E-state index contributed by atoms with van der Waals surface area (Å²) in [4.78, 5) is 16.8. The Morgan fingerprint density at radius 3 is 2.61 bits per heavy atom. The van der Waals surface area contributed by atoms with Crippen molar-refractivity contribution in [3.63, 3.8) is 0 Å². The molecule has 1 aromatic rings. The van der Waals surface area contributed by atoms with Crippen molar-refractivity contribution in [3.05, 3.63) is 17.5 Å². The number of aryl methyl sites for hydroxylation is 1. The number of amides is 1. The number of nitrogens with one attached hydrogen (secondary N) is 1. The minimum Gasteiger partial charge on any atom is -0.360 e. The number of halogens is 2. The Morgan fingerprint density at radius 1 is 1.30 bits per heavy atom. The first kappa shape index (κ1) is 20.2. The number of carbonyl (C=O) groups excluding carboxylic acids is 1. The molecule has 132 valence electrons. The number of piperazine rings is 1. The lowest BCUT2D eigenvalue weighted by molar-refractivity contribution is -0.135. The Morgan fingerprint density at radius 2 is 2.04 bits per heavy atom. The highest BCUT2D eigenvalue weighted by atomic mass is 35.5. The number of aromatic nitrogens is 1. The van der Waals surface area contributed by atoms with Gasteiger partial charge in [-0.2, -0.15) is 0 Å². The predicted molar refractivity (Wildman–Crippen MR) is 93.2 cm³/mol. The van der Waals surface area contributed by atoms with Crippen LogP contribution in [0.15, 0.2) is 10.6 Å². The third-order valence-electron chi connectivity index (χ3n) is 4.35. The van der Waals surface area contributed by atoms with E-state index in [1.807, 2.05) is 17.9 Å². The van der Waals surface area contributed by atoms with Crippen LogP contribution >= 0.6 is 24.8 Å². The molecule has 1 unspecified atom stereocenters. The van der Waals surface area contributed by atoms with E-state index in [4.69, 9.17) is 4.52 Å². The van der Waals surface area contributed by atoms with Crippen molar-refractivity contribution in [2.45, 2.75) is 38.8 Å². The molecule has 1 aromatic heterocycles. The summed E-state index contributed by atoms with van der Waals surface area (Å²) >= 11 is 0. The lowest BCUT2D eigenvalue weighted by Crippen LogP contribution is -2.54. The van der Waals surface area contributed by atoms with E-state index in [1.54, 1.807) is 0 Å². The largest absolute Gasteiger partial charge is 0.360 e. The number of hydrogen-bond donors (Lipinski definition) is 1. The Bertz CT molecular complexity index is 484. The van der Waals surface area contributed by atoms with Gasteiger partial charge in [0, 0.05) is 32.2 Å². The normalized spacial score (nSPS) is 22.1. The molecular weight excluding hydrogens is 339 g/mol. The van der Waals surface area contributed by atoms with E-state index in [0.29, 0.717) is 0 Å². The van der Waals surface area contributed by atoms with Crippen molar-refractivity contribution in [2.75, 3.05) is 32.7 Å². The summed E-state index contributed by atoms with van der Waals surface area (Å²) in [5.41, 5.74) is 0.919. The SMILES string of the molecule is Cc1cc(CN2CCN(C(=O)C3CCCCN3)CC2)on1.Cl.Cl. The fourth-order valence-electron chi connectivity index (χ4n) is 3.12. The Labute approximate surface area is 149 Å². The highest BCUT2D eigenvalue weighted by Crippen LogP contribution is 2.13. The van der Waals surface area contributed by atoms with Crippen LogP contribution in [0.1, 0.15) is 30.7 Å². The quantitative estimate of drug-likeness (QED) is 0.882. The zero-order valence-electron chi connectivity index (χ0n) is 13.5. The second-order valence-electron chi connectivity index (χ2n) is 6.04. The topological polar surface area (TPSA) is 61.6 Å². The van der Waals surface area contributed by atoms with Crippen molar-refractivity contribution in [1.82, 2.24) is 20.3 Å². The smallest absolute Gasteiger partial charge is 0.239 e. The van der Waals surface area contributed by atoms with Crippen LogP contribution in [-0.4, -0.2) is 59.6 Å². The van der Waals surface area contributed by atoms with Crippen molar-refractivity contribution in [1.29, 1.82) is 0 Å². The van der Waals surface area contributed by atoms with Crippen LogP contribution in [0.25, 0.3) is 0 Å². The van der Waals surface area contributed by atoms with Crippen molar-refractivity contribution in [2.24, 2.45) is 0 Å². The summed E-state index contributed by atoms with van der Waals surface area (Å²) in [6, 6.07) is 2.02. The summed E-state index contributed by atoms with van der Waals surface area (Å²) in [5.74, 6) is 1.19.